The number of rotatable bonds is 4. The maximum atomic E-state index is 12.2. The summed E-state index contributed by atoms with van der Waals surface area (Å²) >= 11 is 0. The summed E-state index contributed by atoms with van der Waals surface area (Å²) < 4.78 is 0. The smallest absolute Gasteiger partial charge is 0.224 e. The number of benzene rings is 1. The topological polar surface area (TPSA) is 41.1 Å². The summed E-state index contributed by atoms with van der Waals surface area (Å²) in [4.78, 5) is 12.2. The normalized spacial score (nSPS) is 16.7. The van der Waals surface area contributed by atoms with Crippen LogP contribution in [0.15, 0.2) is 24.3 Å². The van der Waals surface area contributed by atoms with Gasteiger partial charge in [-0.1, -0.05) is 39.0 Å². The van der Waals surface area contributed by atoms with Crippen LogP contribution in [0.3, 0.4) is 0 Å². The lowest BCUT2D eigenvalue weighted by atomic mass is 9.85. The molecule has 0 radical (unpaired) electrons. The van der Waals surface area contributed by atoms with Gasteiger partial charge in [0, 0.05) is 12.1 Å². The van der Waals surface area contributed by atoms with Crippen LogP contribution >= 0.6 is 0 Å². The van der Waals surface area contributed by atoms with Crippen LogP contribution in [0.5, 0.6) is 0 Å². The van der Waals surface area contributed by atoms with E-state index < -0.39 is 0 Å². The van der Waals surface area contributed by atoms with Gasteiger partial charge in [-0.2, -0.15) is 0 Å². The van der Waals surface area contributed by atoms with Crippen LogP contribution in [0.2, 0.25) is 0 Å². The van der Waals surface area contributed by atoms with Gasteiger partial charge in [0.2, 0.25) is 5.91 Å². The van der Waals surface area contributed by atoms with Crippen LogP contribution < -0.4 is 10.6 Å². The third kappa shape index (κ3) is 4.85. The highest BCUT2D eigenvalue weighted by Gasteiger charge is 2.19. The quantitative estimate of drug-likeness (QED) is 0.887. The van der Waals surface area contributed by atoms with E-state index in [9.17, 15) is 4.79 Å². The number of hydrogen-bond acceptors (Lipinski definition) is 2. The molecule has 0 unspecified atom stereocenters. The SMILES string of the molecule is CC(C)(C)c1ccccc1NC(=O)CCC1CCNCC1. The zero-order valence-corrected chi connectivity index (χ0v) is 13.5. The van der Waals surface area contributed by atoms with Crippen LogP contribution in [-0.4, -0.2) is 19.0 Å². The molecule has 0 aliphatic carbocycles. The first-order chi connectivity index (χ1) is 9.97. The van der Waals surface area contributed by atoms with Crippen molar-refractivity contribution >= 4 is 11.6 Å². The molecule has 3 nitrogen and oxygen atoms in total. The molecule has 1 aliphatic rings. The van der Waals surface area contributed by atoms with Crippen molar-refractivity contribution in [3.05, 3.63) is 29.8 Å². The van der Waals surface area contributed by atoms with Gasteiger partial charge in [-0.15, -0.1) is 0 Å². The number of piperidine rings is 1. The van der Waals surface area contributed by atoms with E-state index in [4.69, 9.17) is 0 Å². The molecule has 1 amide bonds. The van der Waals surface area contributed by atoms with E-state index in [1.807, 2.05) is 18.2 Å². The Morgan fingerprint density at radius 3 is 2.57 bits per heavy atom. The second-order valence-electron chi connectivity index (χ2n) is 7.08. The summed E-state index contributed by atoms with van der Waals surface area (Å²) in [7, 11) is 0. The molecule has 1 fully saturated rings. The highest BCUT2D eigenvalue weighted by molar-refractivity contribution is 5.91. The molecule has 116 valence electrons. The number of para-hydroxylation sites is 1. The first-order valence-corrected chi connectivity index (χ1v) is 8.07. The van der Waals surface area contributed by atoms with Gasteiger partial charge in [0.25, 0.3) is 0 Å². The molecule has 1 aliphatic heterocycles. The standard InChI is InChI=1S/C18H28N2O/c1-18(2,3)15-6-4-5-7-16(15)20-17(21)9-8-14-10-12-19-13-11-14/h4-7,14,19H,8-13H2,1-3H3,(H,20,21). The Hall–Kier alpha value is -1.35. The number of hydrogen-bond donors (Lipinski definition) is 2. The van der Waals surface area contributed by atoms with Crippen LogP contribution in [0.1, 0.15) is 52.0 Å². The Labute approximate surface area is 128 Å². The third-order valence-electron chi connectivity index (χ3n) is 4.25. The van der Waals surface area contributed by atoms with Crippen molar-refractivity contribution in [2.45, 2.75) is 51.9 Å². The summed E-state index contributed by atoms with van der Waals surface area (Å²) in [6.45, 7) is 8.71. The number of nitrogens with one attached hydrogen (secondary N) is 2. The molecule has 0 aromatic heterocycles. The average Bonchev–Trinajstić information content (AvgIpc) is 2.46. The van der Waals surface area contributed by atoms with E-state index in [1.54, 1.807) is 0 Å². The Morgan fingerprint density at radius 2 is 1.90 bits per heavy atom. The molecule has 2 rings (SSSR count). The molecular weight excluding hydrogens is 260 g/mol. The summed E-state index contributed by atoms with van der Waals surface area (Å²) in [6.07, 6.45) is 4.03. The molecule has 0 saturated carbocycles. The highest BCUT2D eigenvalue weighted by atomic mass is 16.1. The predicted molar refractivity (Wildman–Crippen MR) is 88.6 cm³/mol. The van der Waals surface area contributed by atoms with E-state index in [1.165, 1.54) is 18.4 Å². The zero-order chi connectivity index (χ0) is 15.3. The Balaban J connectivity index is 1.90. The number of amides is 1. The van der Waals surface area contributed by atoms with E-state index in [0.717, 1.165) is 25.2 Å². The summed E-state index contributed by atoms with van der Waals surface area (Å²) in [6, 6.07) is 8.12. The van der Waals surface area contributed by atoms with Crippen molar-refractivity contribution in [3.63, 3.8) is 0 Å². The molecular formula is C18H28N2O. The Morgan fingerprint density at radius 1 is 1.24 bits per heavy atom. The fourth-order valence-corrected chi connectivity index (χ4v) is 2.96. The van der Waals surface area contributed by atoms with Gasteiger partial charge in [0.05, 0.1) is 0 Å². The zero-order valence-electron chi connectivity index (χ0n) is 13.5. The first kappa shape index (κ1) is 16.0. The second-order valence-corrected chi connectivity index (χ2v) is 7.08. The van der Waals surface area contributed by atoms with Gasteiger partial charge in [-0.05, 0) is 55.3 Å². The molecule has 0 spiro atoms. The van der Waals surface area contributed by atoms with Gasteiger partial charge >= 0.3 is 0 Å². The van der Waals surface area contributed by atoms with Crippen molar-refractivity contribution in [3.8, 4) is 0 Å². The first-order valence-electron chi connectivity index (χ1n) is 8.07. The fraction of sp³-hybridized carbons (Fsp3) is 0.611. The van der Waals surface area contributed by atoms with E-state index in [0.29, 0.717) is 12.3 Å². The van der Waals surface area contributed by atoms with Gasteiger partial charge in [0.15, 0.2) is 0 Å². The molecule has 0 bridgehead atoms. The lowest BCUT2D eigenvalue weighted by molar-refractivity contribution is -0.116. The minimum atomic E-state index is 0.0406. The van der Waals surface area contributed by atoms with E-state index in [2.05, 4.69) is 37.5 Å². The highest BCUT2D eigenvalue weighted by Crippen LogP contribution is 2.29. The maximum absolute atomic E-state index is 12.2. The van der Waals surface area contributed by atoms with Crippen molar-refractivity contribution in [1.82, 2.24) is 5.32 Å². The minimum absolute atomic E-state index is 0.0406. The minimum Gasteiger partial charge on any atom is -0.326 e. The largest absolute Gasteiger partial charge is 0.326 e. The molecule has 2 N–H and O–H groups in total. The van der Waals surface area contributed by atoms with Crippen LogP contribution in [0, 0.1) is 5.92 Å². The summed E-state index contributed by atoms with van der Waals surface area (Å²) in [5.74, 6) is 0.847. The molecule has 1 heterocycles. The molecule has 0 atom stereocenters. The van der Waals surface area contributed by atoms with E-state index in [-0.39, 0.29) is 11.3 Å². The molecule has 1 aromatic carbocycles. The van der Waals surface area contributed by atoms with E-state index >= 15 is 0 Å². The van der Waals surface area contributed by atoms with Gasteiger partial charge in [-0.3, -0.25) is 4.79 Å². The van der Waals surface area contributed by atoms with Crippen molar-refractivity contribution in [1.29, 1.82) is 0 Å². The lowest BCUT2D eigenvalue weighted by Gasteiger charge is -2.24. The van der Waals surface area contributed by atoms with Gasteiger partial charge in [0.1, 0.15) is 0 Å². The van der Waals surface area contributed by atoms with Crippen molar-refractivity contribution < 1.29 is 4.79 Å². The number of carbonyl (C=O) groups is 1. The lowest BCUT2D eigenvalue weighted by Crippen LogP contribution is -2.28. The Bertz CT molecular complexity index is 470. The fourth-order valence-electron chi connectivity index (χ4n) is 2.96. The van der Waals surface area contributed by atoms with Crippen molar-refractivity contribution in [2.24, 2.45) is 5.92 Å². The van der Waals surface area contributed by atoms with Gasteiger partial charge < -0.3 is 10.6 Å². The second kappa shape index (κ2) is 7.08. The molecule has 1 aromatic rings. The predicted octanol–water partition coefficient (Wildman–Crippen LogP) is 3.70. The Kier molecular flexibility index (Phi) is 5.40. The summed E-state index contributed by atoms with van der Waals surface area (Å²) in [5, 5.41) is 6.47. The summed E-state index contributed by atoms with van der Waals surface area (Å²) in [5.41, 5.74) is 2.19. The van der Waals surface area contributed by atoms with Crippen LogP contribution in [0.25, 0.3) is 0 Å². The molecule has 3 heteroatoms. The average molecular weight is 288 g/mol. The maximum Gasteiger partial charge on any atom is 0.224 e. The van der Waals surface area contributed by atoms with Gasteiger partial charge in [-0.25, -0.2) is 0 Å². The van der Waals surface area contributed by atoms with Crippen molar-refractivity contribution in [2.75, 3.05) is 18.4 Å². The molecule has 1 saturated heterocycles. The van der Waals surface area contributed by atoms with Crippen LogP contribution in [0.4, 0.5) is 5.69 Å². The number of carbonyl (C=O) groups excluding carboxylic acids is 1. The molecule has 21 heavy (non-hydrogen) atoms. The number of anilines is 1. The monoisotopic (exact) mass is 288 g/mol. The third-order valence-corrected chi connectivity index (χ3v) is 4.25. The van der Waals surface area contributed by atoms with Crippen LogP contribution in [-0.2, 0) is 10.2 Å².